The van der Waals surface area contributed by atoms with Gasteiger partial charge in [0, 0.05) is 37.3 Å². The van der Waals surface area contributed by atoms with Crippen molar-refractivity contribution in [2.45, 2.75) is 118 Å². The quantitative estimate of drug-likeness (QED) is 0.183. The second-order valence-electron chi connectivity index (χ2n) is 18.5. The number of nitrogens with zero attached hydrogens (tertiary/aromatic N) is 2. The molecular formula is C48H70N2O2Zr. The number of likely N-dealkylation sites (N-methyl/N-ethyl adjacent to an activating group) is 1. The van der Waals surface area contributed by atoms with Crippen molar-refractivity contribution in [3.05, 3.63) is 143 Å². The number of phenolic OH excluding ortho intramolecular Hbond substituents is 2. The van der Waals surface area contributed by atoms with Crippen LogP contribution >= 0.6 is 0 Å². The summed E-state index contributed by atoms with van der Waals surface area (Å²) in [6, 6.07) is 28.5. The van der Waals surface area contributed by atoms with Crippen molar-refractivity contribution in [1.82, 2.24) is 9.80 Å². The summed E-state index contributed by atoms with van der Waals surface area (Å²) >= 11 is 0. The molecule has 0 amide bonds. The zero-order valence-corrected chi connectivity index (χ0v) is 38.1. The summed E-state index contributed by atoms with van der Waals surface area (Å²) in [5.41, 5.74) is 8.07. The Hall–Kier alpha value is -2.98. The van der Waals surface area contributed by atoms with E-state index in [2.05, 4.69) is 145 Å². The van der Waals surface area contributed by atoms with Gasteiger partial charge in [-0.25, -0.2) is 0 Å². The maximum atomic E-state index is 11.5. The van der Waals surface area contributed by atoms with E-state index in [0.29, 0.717) is 24.6 Å². The molecule has 0 bridgehead atoms. The van der Waals surface area contributed by atoms with Crippen LogP contribution in [-0.2, 0) is 61.0 Å². The topological polar surface area (TPSA) is 46.9 Å². The van der Waals surface area contributed by atoms with Crippen LogP contribution in [0.3, 0.4) is 0 Å². The summed E-state index contributed by atoms with van der Waals surface area (Å²) in [4.78, 5) is 4.55. The monoisotopic (exact) mass is 796 g/mol. The van der Waals surface area contributed by atoms with E-state index in [1.165, 1.54) is 11.1 Å². The van der Waals surface area contributed by atoms with E-state index in [1.54, 1.807) is 0 Å². The fourth-order valence-corrected chi connectivity index (χ4v) is 5.63. The van der Waals surface area contributed by atoms with Crippen LogP contribution in [0.4, 0.5) is 0 Å². The molecule has 4 nitrogen and oxygen atoms in total. The first-order valence-electron chi connectivity index (χ1n) is 18.7. The molecule has 0 heterocycles. The third-order valence-electron chi connectivity index (χ3n) is 9.06. The molecule has 0 saturated heterocycles. The smallest absolute Gasteiger partial charge is 0.507 e. The molecular weight excluding hydrogens is 728 g/mol. The van der Waals surface area contributed by atoms with Gasteiger partial charge in [-0.15, -0.1) is 24.3 Å². The zero-order valence-electron chi connectivity index (χ0n) is 35.6. The number of benzene rings is 4. The molecule has 0 aliphatic rings. The number of rotatable bonds is 7. The Bertz CT molecular complexity index is 1550. The first-order valence-corrected chi connectivity index (χ1v) is 18.7. The van der Waals surface area contributed by atoms with Crippen LogP contribution in [0.5, 0.6) is 11.5 Å². The van der Waals surface area contributed by atoms with E-state index in [9.17, 15) is 10.2 Å². The van der Waals surface area contributed by atoms with E-state index in [-0.39, 0.29) is 47.9 Å². The van der Waals surface area contributed by atoms with Crippen molar-refractivity contribution in [3.8, 4) is 11.5 Å². The van der Waals surface area contributed by atoms with Gasteiger partial charge in [-0.3, -0.25) is 4.90 Å². The Balaban J connectivity index is 0.000000770. The zero-order chi connectivity index (χ0) is 39.7. The first kappa shape index (κ1) is 48.0. The van der Waals surface area contributed by atoms with Crippen LogP contribution in [0, 0.1) is 13.8 Å². The van der Waals surface area contributed by atoms with Gasteiger partial charge in [-0.2, -0.15) is 49.2 Å². The van der Waals surface area contributed by atoms with Crippen LogP contribution < -0.4 is 0 Å². The Morgan fingerprint density at radius 1 is 0.491 bits per heavy atom. The molecule has 288 valence electrons. The normalized spacial score (nSPS) is 12.0. The van der Waals surface area contributed by atoms with Gasteiger partial charge in [0.1, 0.15) is 11.5 Å². The molecule has 0 aliphatic carbocycles. The summed E-state index contributed by atoms with van der Waals surface area (Å²) in [5.74, 6) is 0.784. The van der Waals surface area contributed by atoms with Crippen LogP contribution in [0.15, 0.2) is 84.9 Å². The molecule has 4 aromatic rings. The van der Waals surface area contributed by atoms with Crippen molar-refractivity contribution >= 4 is 0 Å². The fraction of sp³-hybridized carbons (Fsp3) is 0.458. The molecule has 0 saturated carbocycles. The van der Waals surface area contributed by atoms with Crippen LogP contribution in [0.1, 0.15) is 128 Å². The van der Waals surface area contributed by atoms with Crippen molar-refractivity contribution in [2.24, 2.45) is 0 Å². The van der Waals surface area contributed by atoms with Gasteiger partial charge in [0.2, 0.25) is 0 Å². The number of aromatic hydroxyl groups is 2. The standard InChI is InChI=1S/C34H56N2O2.2C7H7.Zr/c1-31(2,3)25-17-23(29(37)27(19-25)33(7,8)9)21-36(16-15-35(13)14)22-24-18-26(32(4,5)6)20-28(30(24)38)34(10,11)12;2*1-7-5-3-2-4-6-7;/h17-20,37-38H,15-16,21-22H2,1-14H3;2*2-6H,1H2;/q;2*-1;+2. The van der Waals surface area contributed by atoms with Crippen LogP contribution in [-0.4, -0.2) is 47.2 Å². The Morgan fingerprint density at radius 3 is 1.04 bits per heavy atom. The van der Waals surface area contributed by atoms with Gasteiger partial charge < -0.3 is 15.1 Å². The fourth-order valence-electron chi connectivity index (χ4n) is 5.63. The van der Waals surface area contributed by atoms with Crippen molar-refractivity contribution in [1.29, 1.82) is 0 Å². The third-order valence-corrected chi connectivity index (χ3v) is 9.06. The molecule has 2 N–H and O–H groups in total. The van der Waals surface area contributed by atoms with Crippen LogP contribution in [0.2, 0.25) is 0 Å². The molecule has 0 aliphatic heterocycles. The van der Waals surface area contributed by atoms with Gasteiger partial charge in [0.05, 0.1) is 0 Å². The van der Waals surface area contributed by atoms with Crippen molar-refractivity contribution in [2.75, 3.05) is 27.2 Å². The molecule has 4 rings (SSSR count). The predicted octanol–water partition coefficient (Wildman–Crippen LogP) is 11.6. The summed E-state index contributed by atoms with van der Waals surface area (Å²) in [6.07, 6.45) is 0. The third kappa shape index (κ3) is 16.1. The van der Waals surface area contributed by atoms with Gasteiger partial charge >= 0.3 is 26.2 Å². The van der Waals surface area contributed by atoms with Crippen molar-refractivity contribution < 1.29 is 36.4 Å². The second kappa shape index (κ2) is 20.1. The largest absolute Gasteiger partial charge is 2.00 e. The van der Waals surface area contributed by atoms with E-state index in [1.807, 2.05) is 60.7 Å². The second-order valence-corrected chi connectivity index (χ2v) is 18.5. The minimum atomic E-state index is -0.171. The van der Waals surface area contributed by atoms with Gasteiger partial charge in [0.15, 0.2) is 0 Å². The first-order chi connectivity index (χ1) is 23.8. The maximum absolute atomic E-state index is 11.5. The molecule has 4 aromatic carbocycles. The summed E-state index contributed by atoms with van der Waals surface area (Å²) in [5, 5.41) is 23.0. The molecule has 0 unspecified atom stereocenters. The number of hydrogen-bond donors (Lipinski definition) is 2. The maximum Gasteiger partial charge on any atom is 2.00 e. The molecule has 0 atom stereocenters. The van der Waals surface area contributed by atoms with E-state index < -0.39 is 0 Å². The molecule has 0 fully saturated rings. The van der Waals surface area contributed by atoms with Gasteiger partial charge in [-0.05, 0) is 58.0 Å². The Kier molecular flexibility index (Phi) is 18.2. The SMILES string of the molecule is CN(C)CCN(Cc1cc(C(C)(C)C)cc(C(C)(C)C)c1O)Cc1cc(C(C)(C)C)cc(C(C)(C)C)c1O.[CH2-]c1ccccc1.[CH2-]c1ccccc1.[Zr+2]. The molecule has 0 spiro atoms. The van der Waals surface area contributed by atoms with Gasteiger partial charge in [0.25, 0.3) is 0 Å². The molecule has 0 radical (unpaired) electrons. The summed E-state index contributed by atoms with van der Waals surface area (Å²) in [7, 11) is 4.17. The van der Waals surface area contributed by atoms with Crippen molar-refractivity contribution in [3.63, 3.8) is 0 Å². The average molecular weight is 798 g/mol. The van der Waals surface area contributed by atoms with E-state index in [0.717, 1.165) is 46.5 Å². The minimum Gasteiger partial charge on any atom is -0.507 e. The van der Waals surface area contributed by atoms with Gasteiger partial charge in [-0.1, -0.05) is 119 Å². The number of hydrogen-bond acceptors (Lipinski definition) is 4. The molecule has 0 aromatic heterocycles. The summed E-state index contributed by atoms with van der Waals surface area (Å²) < 4.78 is 0. The Labute approximate surface area is 344 Å². The molecule has 5 heteroatoms. The van der Waals surface area contributed by atoms with E-state index >= 15 is 0 Å². The molecule has 53 heavy (non-hydrogen) atoms. The Morgan fingerprint density at radius 2 is 0.811 bits per heavy atom. The average Bonchev–Trinajstić information content (AvgIpc) is 3.00. The number of phenols is 2. The van der Waals surface area contributed by atoms with Crippen LogP contribution in [0.25, 0.3) is 0 Å². The summed E-state index contributed by atoms with van der Waals surface area (Å²) in [6.45, 7) is 36.7. The van der Waals surface area contributed by atoms with E-state index in [4.69, 9.17) is 0 Å². The predicted molar refractivity (Wildman–Crippen MR) is 225 cm³/mol. The minimum absolute atomic E-state index is 0.